The highest BCUT2D eigenvalue weighted by Crippen LogP contribution is 2.29. The van der Waals surface area contributed by atoms with Crippen molar-refractivity contribution in [3.05, 3.63) is 47.0 Å². The van der Waals surface area contributed by atoms with E-state index in [0.29, 0.717) is 11.1 Å². The van der Waals surface area contributed by atoms with Crippen LogP contribution in [0.15, 0.2) is 30.4 Å². The van der Waals surface area contributed by atoms with Gasteiger partial charge in [-0.3, -0.25) is 14.7 Å². The summed E-state index contributed by atoms with van der Waals surface area (Å²) in [6, 6.07) is 4.38. The number of amides is 1. The van der Waals surface area contributed by atoms with E-state index in [0.717, 1.165) is 0 Å². The molecular formula is C12H14NO5P. The molecule has 1 rings (SSSR count). The number of carbonyl (C=O) groups is 2. The molecule has 0 fully saturated rings. The van der Waals surface area contributed by atoms with Crippen molar-refractivity contribution < 1.29 is 23.9 Å². The first-order chi connectivity index (χ1) is 8.63. The lowest BCUT2D eigenvalue weighted by molar-refractivity contribution is 0.0971. The predicted molar refractivity (Wildman–Crippen MR) is 69.8 cm³/mol. The van der Waals surface area contributed by atoms with Crippen LogP contribution in [0, 0.1) is 6.92 Å². The third-order valence-corrected chi connectivity index (χ3v) is 2.95. The molecule has 0 aliphatic rings. The minimum Gasteiger partial charge on any atom is -0.308 e. The second kappa shape index (κ2) is 5.48. The van der Waals surface area contributed by atoms with E-state index in [1.807, 2.05) is 0 Å². The molecule has 3 N–H and O–H groups in total. The zero-order valence-electron chi connectivity index (χ0n) is 10.5. The van der Waals surface area contributed by atoms with E-state index >= 15 is 0 Å². The normalized spacial score (nSPS) is 10.9. The molecule has 0 bridgehead atoms. The smallest absolute Gasteiger partial charge is 0.308 e. The Kier molecular flexibility index (Phi) is 4.42. The van der Waals surface area contributed by atoms with Crippen molar-refractivity contribution >= 4 is 19.4 Å². The zero-order valence-corrected chi connectivity index (χ0v) is 11.4. The maximum absolute atomic E-state index is 11.8. The lowest BCUT2D eigenvalue weighted by atomic mass is 9.96. The molecule has 19 heavy (non-hydrogen) atoms. The Morgan fingerprint density at radius 2 is 1.79 bits per heavy atom. The molecule has 0 aliphatic carbocycles. The zero-order chi connectivity index (χ0) is 14.8. The van der Waals surface area contributed by atoms with Crippen LogP contribution < -0.4 is 5.09 Å². The van der Waals surface area contributed by atoms with Gasteiger partial charge < -0.3 is 9.79 Å². The average Bonchev–Trinajstić information content (AvgIpc) is 2.25. The topological polar surface area (TPSA) is 104 Å². The largest absolute Gasteiger partial charge is 0.430 e. The van der Waals surface area contributed by atoms with Crippen molar-refractivity contribution in [3.63, 3.8) is 0 Å². The van der Waals surface area contributed by atoms with Gasteiger partial charge in [-0.15, -0.1) is 0 Å². The van der Waals surface area contributed by atoms with Crippen molar-refractivity contribution in [2.75, 3.05) is 0 Å². The van der Waals surface area contributed by atoms with Gasteiger partial charge in [0.05, 0.1) is 0 Å². The summed E-state index contributed by atoms with van der Waals surface area (Å²) in [5.41, 5.74) is 0.985. The van der Waals surface area contributed by atoms with Gasteiger partial charge in [0.1, 0.15) is 0 Å². The first-order valence-electron chi connectivity index (χ1n) is 5.31. The third kappa shape index (κ3) is 3.86. The Morgan fingerprint density at radius 3 is 2.26 bits per heavy atom. The Bertz CT molecular complexity index is 602. The maximum Gasteiger partial charge on any atom is 0.430 e. The van der Waals surface area contributed by atoms with E-state index in [1.54, 1.807) is 12.0 Å². The molecule has 1 aromatic carbocycles. The molecule has 0 atom stereocenters. The molecule has 0 unspecified atom stereocenters. The molecule has 0 heterocycles. The standard InChI is InChI=1S/C12H14NO5P/c1-7(2)11(14)9-5-4-6-10(8(9)3)12(15)13-19(16,17)18/h4-6H,1H2,2-3H3,(H3,13,15,16,17,18). The summed E-state index contributed by atoms with van der Waals surface area (Å²) >= 11 is 0. The van der Waals surface area contributed by atoms with E-state index in [-0.39, 0.29) is 16.9 Å². The molecule has 0 aromatic heterocycles. The van der Waals surface area contributed by atoms with Gasteiger partial charge in [0.25, 0.3) is 5.91 Å². The summed E-state index contributed by atoms with van der Waals surface area (Å²) in [5, 5.41) is 1.57. The number of hydrogen-bond acceptors (Lipinski definition) is 3. The lowest BCUT2D eigenvalue weighted by Crippen LogP contribution is -2.21. The number of hydrogen-bond donors (Lipinski definition) is 3. The number of nitrogens with one attached hydrogen (secondary N) is 1. The molecule has 7 heteroatoms. The van der Waals surface area contributed by atoms with E-state index < -0.39 is 13.7 Å². The van der Waals surface area contributed by atoms with Crippen LogP contribution in [-0.2, 0) is 4.57 Å². The summed E-state index contributed by atoms with van der Waals surface area (Å²) in [4.78, 5) is 40.9. The van der Waals surface area contributed by atoms with Gasteiger partial charge in [-0.25, -0.2) is 4.57 Å². The van der Waals surface area contributed by atoms with Crippen LogP contribution in [0.5, 0.6) is 0 Å². The van der Waals surface area contributed by atoms with E-state index in [4.69, 9.17) is 9.79 Å². The fraction of sp³-hybridized carbons (Fsp3) is 0.167. The molecule has 0 saturated heterocycles. The molecule has 6 nitrogen and oxygen atoms in total. The molecule has 0 spiro atoms. The van der Waals surface area contributed by atoms with Gasteiger partial charge in [0.2, 0.25) is 0 Å². The fourth-order valence-electron chi connectivity index (χ4n) is 1.55. The Morgan fingerprint density at radius 1 is 1.26 bits per heavy atom. The second-order valence-electron chi connectivity index (χ2n) is 4.07. The van der Waals surface area contributed by atoms with E-state index in [2.05, 4.69) is 6.58 Å². The van der Waals surface area contributed by atoms with Crippen LogP contribution >= 0.6 is 7.75 Å². The molecule has 0 radical (unpaired) electrons. The van der Waals surface area contributed by atoms with E-state index in [9.17, 15) is 14.2 Å². The average molecular weight is 283 g/mol. The summed E-state index contributed by atoms with van der Waals surface area (Å²) in [5.74, 6) is -1.24. The Hall–Kier alpha value is -1.75. The highest BCUT2D eigenvalue weighted by Gasteiger charge is 2.21. The minimum absolute atomic E-state index is 0.0374. The van der Waals surface area contributed by atoms with Crippen LogP contribution in [0.25, 0.3) is 0 Å². The highest BCUT2D eigenvalue weighted by molar-refractivity contribution is 7.50. The van der Waals surface area contributed by atoms with Crippen molar-refractivity contribution in [1.82, 2.24) is 5.09 Å². The lowest BCUT2D eigenvalue weighted by Gasteiger charge is -2.11. The molecule has 1 amide bonds. The van der Waals surface area contributed by atoms with Gasteiger partial charge in [-0.2, -0.15) is 0 Å². The molecular weight excluding hydrogens is 269 g/mol. The highest BCUT2D eigenvalue weighted by atomic mass is 31.2. The van der Waals surface area contributed by atoms with Crippen LogP contribution in [0.4, 0.5) is 0 Å². The van der Waals surface area contributed by atoms with Crippen molar-refractivity contribution in [1.29, 1.82) is 0 Å². The first-order valence-corrected chi connectivity index (χ1v) is 6.92. The van der Waals surface area contributed by atoms with Crippen LogP contribution in [0.2, 0.25) is 0 Å². The SMILES string of the molecule is C=C(C)C(=O)c1cccc(C(=O)NP(=O)(O)O)c1C. The summed E-state index contributed by atoms with van der Waals surface area (Å²) in [7, 11) is -4.67. The van der Waals surface area contributed by atoms with Gasteiger partial charge in [-0.1, -0.05) is 18.7 Å². The number of benzene rings is 1. The first kappa shape index (κ1) is 15.3. The number of carbonyl (C=O) groups excluding carboxylic acids is 2. The van der Waals surface area contributed by atoms with Crippen LogP contribution in [0.1, 0.15) is 33.2 Å². The fourth-order valence-corrected chi connectivity index (χ4v) is 1.94. The number of ketones is 1. The molecule has 102 valence electrons. The van der Waals surface area contributed by atoms with Gasteiger partial charge in [-0.05, 0) is 31.1 Å². The summed E-state index contributed by atoms with van der Waals surface area (Å²) in [6.45, 7) is 6.61. The van der Waals surface area contributed by atoms with Crippen molar-refractivity contribution in [2.24, 2.45) is 0 Å². The van der Waals surface area contributed by atoms with Crippen LogP contribution in [0.3, 0.4) is 0 Å². The Labute approximate surface area is 110 Å². The summed E-state index contributed by atoms with van der Waals surface area (Å²) < 4.78 is 10.7. The van der Waals surface area contributed by atoms with Crippen molar-refractivity contribution in [3.8, 4) is 0 Å². The second-order valence-corrected chi connectivity index (χ2v) is 5.38. The quantitative estimate of drug-likeness (QED) is 0.442. The van der Waals surface area contributed by atoms with Gasteiger partial charge in [0, 0.05) is 11.1 Å². The van der Waals surface area contributed by atoms with Crippen molar-refractivity contribution in [2.45, 2.75) is 13.8 Å². The Balaban J connectivity index is 3.22. The predicted octanol–water partition coefficient (Wildman–Crippen LogP) is 1.58. The maximum atomic E-state index is 11.8. The molecule has 0 aliphatic heterocycles. The van der Waals surface area contributed by atoms with Gasteiger partial charge in [0.15, 0.2) is 5.78 Å². The van der Waals surface area contributed by atoms with Crippen LogP contribution in [-0.4, -0.2) is 21.5 Å². The van der Waals surface area contributed by atoms with Gasteiger partial charge >= 0.3 is 7.75 Å². The number of Topliss-reactive ketones (excluding diaryl/α,β-unsaturated/α-hetero) is 1. The van der Waals surface area contributed by atoms with E-state index in [1.165, 1.54) is 25.1 Å². The number of allylic oxidation sites excluding steroid dienone is 1. The number of rotatable bonds is 4. The third-order valence-electron chi connectivity index (χ3n) is 2.46. The monoisotopic (exact) mass is 283 g/mol. The summed E-state index contributed by atoms with van der Waals surface area (Å²) in [6.07, 6.45) is 0. The minimum atomic E-state index is -4.67. The molecule has 0 saturated carbocycles. The molecule has 1 aromatic rings.